The van der Waals surface area contributed by atoms with Gasteiger partial charge in [-0.2, -0.15) is 0 Å². The molecular weight excluding hydrogens is 322 g/mol. The Kier molecular flexibility index (Phi) is 5.20. The van der Waals surface area contributed by atoms with E-state index < -0.39 is 0 Å². The fraction of sp³-hybridized carbons (Fsp3) is 0.833. The lowest BCUT2D eigenvalue weighted by Gasteiger charge is -2.44. The van der Waals surface area contributed by atoms with Crippen LogP contribution in [0, 0.1) is 12.3 Å². The van der Waals surface area contributed by atoms with E-state index in [1.165, 1.54) is 38.0 Å². The molecule has 0 radical (unpaired) electrons. The van der Waals surface area contributed by atoms with Crippen molar-refractivity contribution in [3.8, 4) is 0 Å². The molecular formula is C18H29N3O2S. The summed E-state index contributed by atoms with van der Waals surface area (Å²) in [7, 11) is 0. The number of rotatable bonds is 3. The van der Waals surface area contributed by atoms with E-state index in [0.717, 1.165) is 51.1 Å². The zero-order valence-electron chi connectivity index (χ0n) is 14.7. The summed E-state index contributed by atoms with van der Waals surface area (Å²) < 4.78 is 11.6. The summed E-state index contributed by atoms with van der Waals surface area (Å²) in [6.45, 7) is 11.3. The molecule has 3 saturated heterocycles. The molecule has 134 valence electrons. The van der Waals surface area contributed by atoms with Crippen molar-refractivity contribution < 1.29 is 9.47 Å². The van der Waals surface area contributed by atoms with E-state index in [1.807, 2.05) is 0 Å². The Morgan fingerprint density at radius 1 is 1.25 bits per heavy atom. The average Bonchev–Trinajstić information content (AvgIpc) is 3.20. The molecule has 0 aliphatic carbocycles. The first kappa shape index (κ1) is 16.9. The molecule has 4 heterocycles. The van der Waals surface area contributed by atoms with Crippen molar-refractivity contribution >= 4 is 11.3 Å². The third kappa shape index (κ3) is 3.83. The van der Waals surface area contributed by atoms with Crippen LogP contribution in [0.1, 0.15) is 30.0 Å². The van der Waals surface area contributed by atoms with Gasteiger partial charge in [0, 0.05) is 43.1 Å². The number of aryl methyl sites for hydroxylation is 1. The van der Waals surface area contributed by atoms with E-state index in [-0.39, 0.29) is 0 Å². The molecule has 0 aromatic carbocycles. The van der Waals surface area contributed by atoms with Crippen molar-refractivity contribution in [3.05, 3.63) is 16.1 Å². The highest BCUT2D eigenvalue weighted by Gasteiger charge is 2.39. The molecule has 1 aromatic rings. The van der Waals surface area contributed by atoms with Crippen LogP contribution >= 0.6 is 11.3 Å². The molecule has 0 bridgehead atoms. The summed E-state index contributed by atoms with van der Waals surface area (Å²) in [5.74, 6) is 0. The van der Waals surface area contributed by atoms with E-state index in [4.69, 9.17) is 9.47 Å². The predicted octanol–water partition coefficient (Wildman–Crippen LogP) is 2.15. The Balaban J connectivity index is 1.37. The van der Waals surface area contributed by atoms with Gasteiger partial charge in [-0.1, -0.05) is 0 Å². The molecule has 4 rings (SSSR count). The highest BCUT2D eigenvalue weighted by molar-refractivity contribution is 7.09. The van der Waals surface area contributed by atoms with Crippen LogP contribution in [0.15, 0.2) is 5.38 Å². The first-order valence-electron chi connectivity index (χ1n) is 9.25. The lowest BCUT2D eigenvalue weighted by molar-refractivity contribution is 0.00162. The number of aromatic nitrogens is 1. The Bertz CT molecular complexity index is 536. The number of ether oxygens (including phenoxy) is 2. The standard InChI is InChI=1S/C18H29N3O2S/c1-15-19-16(12-24-15)10-20-7-9-23-14-18(13-20)3-5-21(6-4-18)17-2-8-22-11-17/h12,17H,2-11,13-14H2,1H3. The molecule has 1 spiro atoms. The topological polar surface area (TPSA) is 37.8 Å². The van der Waals surface area contributed by atoms with E-state index in [2.05, 4.69) is 27.1 Å². The van der Waals surface area contributed by atoms with Gasteiger partial charge in [0.2, 0.25) is 0 Å². The van der Waals surface area contributed by atoms with E-state index >= 15 is 0 Å². The van der Waals surface area contributed by atoms with Gasteiger partial charge in [-0.25, -0.2) is 4.98 Å². The van der Waals surface area contributed by atoms with Crippen LogP contribution in [-0.4, -0.2) is 73.4 Å². The van der Waals surface area contributed by atoms with Crippen molar-refractivity contribution in [2.45, 2.75) is 38.8 Å². The van der Waals surface area contributed by atoms with Crippen LogP contribution in [0.25, 0.3) is 0 Å². The average molecular weight is 352 g/mol. The SMILES string of the molecule is Cc1nc(CN2CCOCC3(CCN(C4CCOC4)CC3)C2)cs1. The molecule has 1 atom stereocenters. The smallest absolute Gasteiger partial charge is 0.0897 e. The van der Waals surface area contributed by atoms with Gasteiger partial charge in [0.25, 0.3) is 0 Å². The molecule has 24 heavy (non-hydrogen) atoms. The fourth-order valence-corrected chi connectivity index (χ4v) is 5.01. The Labute approximate surface area is 148 Å². The Hall–Kier alpha value is -0.530. The molecule has 1 unspecified atom stereocenters. The maximum atomic E-state index is 6.02. The van der Waals surface area contributed by atoms with Crippen molar-refractivity contribution in [2.75, 3.05) is 52.6 Å². The minimum absolute atomic E-state index is 0.331. The fourth-order valence-electron chi connectivity index (χ4n) is 4.40. The maximum absolute atomic E-state index is 6.02. The van der Waals surface area contributed by atoms with Crippen LogP contribution < -0.4 is 0 Å². The second kappa shape index (κ2) is 7.38. The minimum atomic E-state index is 0.331. The molecule has 3 aliphatic heterocycles. The van der Waals surface area contributed by atoms with Crippen molar-refractivity contribution in [2.24, 2.45) is 5.41 Å². The highest BCUT2D eigenvalue weighted by Crippen LogP contribution is 2.36. The predicted molar refractivity (Wildman–Crippen MR) is 95.4 cm³/mol. The molecule has 6 heteroatoms. The lowest BCUT2D eigenvalue weighted by Crippen LogP contribution is -2.50. The number of likely N-dealkylation sites (tertiary alicyclic amines) is 1. The number of hydrogen-bond acceptors (Lipinski definition) is 6. The third-order valence-corrected chi connectivity index (χ3v) is 6.67. The first-order chi connectivity index (χ1) is 11.7. The largest absolute Gasteiger partial charge is 0.380 e. The number of thiazole rings is 1. The summed E-state index contributed by atoms with van der Waals surface area (Å²) >= 11 is 1.75. The van der Waals surface area contributed by atoms with Crippen molar-refractivity contribution in [1.82, 2.24) is 14.8 Å². The number of piperidine rings is 1. The molecule has 0 saturated carbocycles. The van der Waals surface area contributed by atoms with Crippen LogP contribution in [-0.2, 0) is 16.0 Å². The van der Waals surface area contributed by atoms with Crippen molar-refractivity contribution in [1.29, 1.82) is 0 Å². The normalized spacial score (nSPS) is 29.1. The molecule has 1 aromatic heterocycles. The van der Waals surface area contributed by atoms with Crippen molar-refractivity contribution in [3.63, 3.8) is 0 Å². The summed E-state index contributed by atoms with van der Waals surface area (Å²) in [4.78, 5) is 9.86. The number of hydrogen-bond donors (Lipinski definition) is 0. The lowest BCUT2D eigenvalue weighted by atomic mass is 9.78. The van der Waals surface area contributed by atoms with Gasteiger partial charge in [-0.15, -0.1) is 11.3 Å². The second-order valence-corrected chi connectivity index (χ2v) is 8.74. The summed E-state index contributed by atoms with van der Waals surface area (Å²) in [5.41, 5.74) is 1.55. The van der Waals surface area contributed by atoms with Gasteiger partial charge in [0.05, 0.1) is 30.5 Å². The third-order valence-electron chi connectivity index (χ3n) is 5.85. The zero-order chi connectivity index (χ0) is 16.4. The molecule has 0 amide bonds. The second-order valence-electron chi connectivity index (χ2n) is 7.67. The Morgan fingerprint density at radius 2 is 2.12 bits per heavy atom. The van der Waals surface area contributed by atoms with E-state index in [1.54, 1.807) is 11.3 Å². The molecule has 5 nitrogen and oxygen atoms in total. The zero-order valence-corrected chi connectivity index (χ0v) is 15.5. The van der Waals surface area contributed by atoms with Gasteiger partial charge in [-0.3, -0.25) is 9.80 Å². The summed E-state index contributed by atoms with van der Waals surface area (Å²) in [6, 6.07) is 0.656. The van der Waals surface area contributed by atoms with Crippen LogP contribution in [0.4, 0.5) is 0 Å². The van der Waals surface area contributed by atoms with Gasteiger partial charge in [0.15, 0.2) is 0 Å². The van der Waals surface area contributed by atoms with Crippen LogP contribution in [0.5, 0.6) is 0 Å². The molecule has 3 aliphatic rings. The van der Waals surface area contributed by atoms with Crippen LogP contribution in [0.3, 0.4) is 0 Å². The molecule has 3 fully saturated rings. The minimum Gasteiger partial charge on any atom is -0.380 e. The van der Waals surface area contributed by atoms with Gasteiger partial charge < -0.3 is 9.47 Å². The highest BCUT2D eigenvalue weighted by atomic mass is 32.1. The number of nitrogens with zero attached hydrogens (tertiary/aromatic N) is 3. The van der Waals surface area contributed by atoms with E-state index in [0.29, 0.717) is 11.5 Å². The first-order valence-corrected chi connectivity index (χ1v) is 10.1. The summed E-state index contributed by atoms with van der Waals surface area (Å²) in [5, 5.41) is 3.37. The van der Waals surface area contributed by atoms with Gasteiger partial charge >= 0.3 is 0 Å². The van der Waals surface area contributed by atoms with Crippen LogP contribution in [0.2, 0.25) is 0 Å². The quantitative estimate of drug-likeness (QED) is 0.834. The monoisotopic (exact) mass is 351 g/mol. The Morgan fingerprint density at radius 3 is 2.83 bits per heavy atom. The molecule has 0 N–H and O–H groups in total. The maximum Gasteiger partial charge on any atom is 0.0897 e. The summed E-state index contributed by atoms with van der Waals surface area (Å²) in [6.07, 6.45) is 3.70. The van der Waals surface area contributed by atoms with E-state index in [9.17, 15) is 0 Å². The van der Waals surface area contributed by atoms with Gasteiger partial charge in [-0.05, 0) is 39.3 Å². The van der Waals surface area contributed by atoms with Gasteiger partial charge in [0.1, 0.15) is 0 Å².